The third-order valence-corrected chi connectivity index (χ3v) is 3.36. The van der Waals surface area contributed by atoms with Gasteiger partial charge >= 0.3 is 0 Å². The van der Waals surface area contributed by atoms with Crippen molar-refractivity contribution in [2.24, 2.45) is 5.73 Å². The average molecular weight is 302 g/mol. The first kappa shape index (κ1) is 15.2. The van der Waals surface area contributed by atoms with E-state index in [0.29, 0.717) is 17.4 Å². The van der Waals surface area contributed by atoms with Crippen molar-refractivity contribution in [3.05, 3.63) is 40.8 Å². The summed E-state index contributed by atoms with van der Waals surface area (Å²) in [5, 5.41) is 19.5. The molecule has 0 saturated carbocycles. The minimum absolute atomic E-state index is 0.332. The van der Waals surface area contributed by atoms with Crippen molar-refractivity contribution in [2.45, 2.75) is 33.2 Å². The van der Waals surface area contributed by atoms with Crippen LogP contribution in [0.2, 0.25) is 0 Å². The molecule has 2 heterocycles. The SMILES string of the molecule is CCc1nnc(NCc2cccnn2)c(C(N)=S)c1CC. The molecule has 0 aliphatic heterocycles. The van der Waals surface area contributed by atoms with Crippen LogP contribution in [0.3, 0.4) is 0 Å². The Morgan fingerprint density at radius 2 is 2.05 bits per heavy atom. The number of hydrogen-bond donors (Lipinski definition) is 2. The van der Waals surface area contributed by atoms with Crippen molar-refractivity contribution in [2.75, 3.05) is 5.32 Å². The van der Waals surface area contributed by atoms with Crippen LogP contribution in [0.5, 0.6) is 0 Å². The summed E-state index contributed by atoms with van der Waals surface area (Å²) < 4.78 is 0. The van der Waals surface area contributed by atoms with Gasteiger partial charge in [0.1, 0.15) is 4.99 Å². The maximum absolute atomic E-state index is 5.88. The van der Waals surface area contributed by atoms with E-state index in [-0.39, 0.29) is 0 Å². The first-order valence-corrected chi connectivity index (χ1v) is 7.26. The van der Waals surface area contributed by atoms with Crippen LogP contribution in [0.4, 0.5) is 5.82 Å². The van der Waals surface area contributed by atoms with Gasteiger partial charge in [-0.25, -0.2) is 0 Å². The van der Waals surface area contributed by atoms with Crippen molar-refractivity contribution in [1.82, 2.24) is 20.4 Å². The number of rotatable bonds is 6. The fourth-order valence-corrected chi connectivity index (χ4v) is 2.38. The minimum atomic E-state index is 0.332. The van der Waals surface area contributed by atoms with Crippen LogP contribution in [0.25, 0.3) is 0 Å². The summed E-state index contributed by atoms with van der Waals surface area (Å²) in [6, 6.07) is 3.72. The van der Waals surface area contributed by atoms with Gasteiger partial charge in [-0.15, -0.1) is 5.10 Å². The van der Waals surface area contributed by atoms with Gasteiger partial charge in [0.25, 0.3) is 0 Å². The zero-order valence-electron chi connectivity index (χ0n) is 12.1. The van der Waals surface area contributed by atoms with Gasteiger partial charge in [0, 0.05) is 6.20 Å². The summed E-state index contributed by atoms with van der Waals surface area (Å²) >= 11 is 5.18. The highest BCUT2D eigenvalue weighted by atomic mass is 32.1. The van der Waals surface area contributed by atoms with Crippen LogP contribution in [0, 0.1) is 0 Å². The third-order valence-electron chi connectivity index (χ3n) is 3.16. The smallest absolute Gasteiger partial charge is 0.159 e. The van der Waals surface area contributed by atoms with Crippen molar-refractivity contribution in [3.63, 3.8) is 0 Å². The fourth-order valence-electron chi connectivity index (χ4n) is 2.16. The number of nitrogens with one attached hydrogen (secondary N) is 1. The summed E-state index contributed by atoms with van der Waals surface area (Å²) in [6.07, 6.45) is 3.25. The maximum Gasteiger partial charge on any atom is 0.159 e. The maximum atomic E-state index is 5.88. The van der Waals surface area contributed by atoms with E-state index in [2.05, 4.69) is 32.6 Å². The molecule has 0 radical (unpaired) electrons. The largest absolute Gasteiger partial charge is 0.389 e. The molecule has 2 aromatic heterocycles. The summed E-state index contributed by atoms with van der Waals surface area (Å²) in [5.41, 5.74) is 9.46. The molecule has 0 amide bonds. The van der Waals surface area contributed by atoms with Gasteiger partial charge < -0.3 is 11.1 Å². The molecule has 0 spiro atoms. The fraction of sp³-hybridized carbons (Fsp3) is 0.357. The van der Waals surface area contributed by atoms with E-state index >= 15 is 0 Å². The van der Waals surface area contributed by atoms with E-state index < -0.39 is 0 Å². The molecule has 6 nitrogen and oxygen atoms in total. The molecule has 2 aromatic rings. The molecule has 0 aliphatic rings. The zero-order chi connectivity index (χ0) is 15.2. The standard InChI is InChI=1S/C14H18N6S/c1-3-10-11(4-2)19-20-14(12(10)13(15)21)16-8-9-6-5-7-17-18-9/h5-7H,3-4,8H2,1-2H3,(H2,15,21)(H,16,20). The Morgan fingerprint density at radius 1 is 1.24 bits per heavy atom. The molecular formula is C14H18N6S. The summed E-state index contributed by atoms with van der Waals surface area (Å²) in [6.45, 7) is 4.59. The lowest BCUT2D eigenvalue weighted by atomic mass is 10.0. The van der Waals surface area contributed by atoms with E-state index in [1.807, 2.05) is 19.1 Å². The Hall–Kier alpha value is -2.15. The molecular weight excluding hydrogens is 284 g/mol. The second-order valence-electron chi connectivity index (χ2n) is 4.49. The normalized spacial score (nSPS) is 10.4. The third kappa shape index (κ3) is 3.49. The molecule has 21 heavy (non-hydrogen) atoms. The number of thiocarbonyl (C=S) groups is 1. The molecule has 0 bridgehead atoms. The van der Waals surface area contributed by atoms with E-state index in [4.69, 9.17) is 18.0 Å². The summed E-state index contributed by atoms with van der Waals surface area (Å²) in [4.78, 5) is 0.332. The predicted octanol–water partition coefficient (Wildman–Crippen LogP) is 1.64. The summed E-state index contributed by atoms with van der Waals surface area (Å²) in [5.74, 6) is 0.599. The topological polar surface area (TPSA) is 89.6 Å². The lowest BCUT2D eigenvalue weighted by molar-refractivity contribution is 0.862. The molecule has 0 aromatic carbocycles. The molecule has 110 valence electrons. The van der Waals surface area contributed by atoms with Gasteiger partial charge in [-0.05, 0) is 30.5 Å². The van der Waals surface area contributed by atoms with E-state index in [0.717, 1.165) is 35.4 Å². The first-order valence-electron chi connectivity index (χ1n) is 6.86. The van der Waals surface area contributed by atoms with E-state index in [1.165, 1.54) is 0 Å². The second-order valence-corrected chi connectivity index (χ2v) is 4.93. The highest BCUT2D eigenvalue weighted by molar-refractivity contribution is 7.80. The Bertz CT molecular complexity index is 629. The Labute approximate surface area is 129 Å². The van der Waals surface area contributed by atoms with Crippen LogP contribution < -0.4 is 11.1 Å². The highest BCUT2D eigenvalue weighted by Gasteiger charge is 2.16. The van der Waals surface area contributed by atoms with Crippen molar-refractivity contribution in [1.29, 1.82) is 0 Å². The van der Waals surface area contributed by atoms with E-state index in [1.54, 1.807) is 6.20 Å². The van der Waals surface area contributed by atoms with Gasteiger partial charge in [-0.2, -0.15) is 15.3 Å². The van der Waals surface area contributed by atoms with Crippen LogP contribution in [0.15, 0.2) is 18.3 Å². The number of hydrogen-bond acceptors (Lipinski definition) is 6. The molecule has 0 saturated heterocycles. The second kappa shape index (κ2) is 7.03. The lowest BCUT2D eigenvalue weighted by Gasteiger charge is -2.15. The molecule has 7 heteroatoms. The van der Waals surface area contributed by atoms with Crippen molar-refractivity contribution < 1.29 is 0 Å². The first-order chi connectivity index (χ1) is 10.2. The zero-order valence-corrected chi connectivity index (χ0v) is 12.9. The molecule has 3 N–H and O–H groups in total. The molecule has 2 rings (SSSR count). The predicted molar refractivity (Wildman–Crippen MR) is 86.0 cm³/mol. The molecule has 0 aliphatic carbocycles. The monoisotopic (exact) mass is 302 g/mol. The molecule has 0 fully saturated rings. The number of anilines is 1. The molecule has 0 unspecified atom stereocenters. The Morgan fingerprint density at radius 3 is 2.62 bits per heavy atom. The quantitative estimate of drug-likeness (QED) is 0.784. The van der Waals surface area contributed by atoms with Crippen LogP contribution in [-0.2, 0) is 19.4 Å². The lowest BCUT2D eigenvalue weighted by Crippen LogP contribution is -2.20. The van der Waals surface area contributed by atoms with Gasteiger partial charge in [0.15, 0.2) is 5.82 Å². The average Bonchev–Trinajstić information content (AvgIpc) is 2.52. The Balaban J connectivity index is 2.32. The summed E-state index contributed by atoms with van der Waals surface area (Å²) in [7, 11) is 0. The van der Waals surface area contributed by atoms with Crippen LogP contribution in [0.1, 0.15) is 36.4 Å². The number of aromatic nitrogens is 4. The number of aryl methyl sites for hydroxylation is 1. The van der Waals surface area contributed by atoms with Crippen molar-refractivity contribution >= 4 is 23.0 Å². The minimum Gasteiger partial charge on any atom is -0.389 e. The van der Waals surface area contributed by atoms with Gasteiger partial charge in [-0.1, -0.05) is 26.1 Å². The van der Waals surface area contributed by atoms with Gasteiger partial charge in [0.05, 0.1) is 23.5 Å². The number of nitrogens with zero attached hydrogens (tertiary/aromatic N) is 4. The van der Waals surface area contributed by atoms with Gasteiger partial charge in [0.2, 0.25) is 0 Å². The molecule has 0 atom stereocenters. The van der Waals surface area contributed by atoms with E-state index in [9.17, 15) is 0 Å². The number of nitrogens with two attached hydrogens (primary N) is 1. The van der Waals surface area contributed by atoms with Crippen LogP contribution in [-0.4, -0.2) is 25.4 Å². The van der Waals surface area contributed by atoms with Gasteiger partial charge in [-0.3, -0.25) is 0 Å². The highest BCUT2D eigenvalue weighted by Crippen LogP contribution is 2.21. The van der Waals surface area contributed by atoms with Crippen molar-refractivity contribution in [3.8, 4) is 0 Å². The Kier molecular flexibility index (Phi) is 5.10. The van der Waals surface area contributed by atoms with Crippen LogP contribution >= 0.6 is 12.2 Å².